The summed E-state index contributed by atoms with van der Waals surface area (Å²) in [5.74, 6) is 0.139. The second-order valence-electron chi connectivity index (χ2n) is 8.06. The maximum atomic E-state index is 12.3. The van der Waals surface area contributed by atoms with Gasteiger partial charge < -0.3 is 20.4 Å². The van der Waals surface area contributed by atoms with Crippen LogP contribution in [-0.2, 0) is 9.59 Å². The van der Waals surface area contributed by atoms with Crippen LogP contribution in [0.5, 0.6) is 0 Å². The van der Waals surface area contributed by atoms with E-state index in [9.17, 15) is 9.59 Å². The molecule has 1 heterocycles. The van der Waals surface area contributed by atoms with E-state index in [2.05, 4.69) is 26.6 Å². The first-order valence-corrected chi connectivity index (χ1v) is 10.0. The number of halogens is 1. The molecule has 1 saturated heterocycles. The summed E-state index contributed by atoms with van der Waals surface area (Å²) in [6, 6.07) is 7.61. The molecule has 1 aliphatic rings. The lowest BCUT2D eigenvalue weighted by Crippen LogP contribution is -3.18. The summed E-state index contributed by atoms with van der Waals surface area (Å²) in [6.45, 7) is 10.8. The Bertz CT molecular complexity index is 613. The molecule has 4 N–H and O–H groups in total. The van der Waals surface area contributed by atoms with Crippen molar-refractivity contribution in [3.63, 3.8) is 0 Å². The Balaban J connectivity index is 1.76. The highest BCUT2D eigenvalue weighted by Crippen LogP contribution is 2.13. The Hall–Kier alpha value is -1.44. The van der Waals surface area contributed by atoms with Gasteiger partial charge in [0.1, 0.15) is 13.1 Å². The van der Waals surface area contributed by atoms with Gasteiger partial charge in [-0.1, -0.05) is 15.9 Å². The van der Waals surface area contributed by atoms with Crippen LogP contribution in [0.2, 0.25) is 0 Å². The zero-order valence-corrected chi connectivity index (χ0v) is 17.5. The van der Waals surface area contributed by atoms with Crippen LogP contribution < -0.4 is 20.4 Å². The van der Waals surface area contributed by atoms with Crippen LogP contribution in [-0.4, -0.2) is 56.6 Å². The lowest BCUT2D eigenvalue weighted by atomic mass is 10.1. The van der Waals surface area contributed by atoms with Gasteiger partial charge >= 0.3 is 0 Å². The van der Waals surface area contributed by atoms with Gasteiger partial charge in [0.2, 0.25) is 0 Å². The summed E-state index contributed by atoms with van der Waals surface area (Å²) in [4.78, 5) is 27.0. The van der Waals surface area contributed by atoms with E-state index in [1.807, 2.05) is 45.0 Å². The van der Waals surface area contributed by atoms with Crippen LogP contribution in [0.3, 0.4) is 0 Å². The number of quaternary nitrogens is 2. The molecule has 0 radical (unpaired) electrons. The third-order valence-corrected chi connectivity index (χ3v) is 4.88. The predicted octanol–water partition coefficient (Wildman–Crippen LogP) is -0.524. The van der Waals surface area contributed by atoms with Crippen LogP contribution in [0.15, 0.2) is 28.7 Å². The largest absolute Gasteiger partial charge is 0.347 e. The number of carbonyl (C=O) groups excluding carboxylic acids is 2. The fourth-order valence-corrected chi connectivity index (χ4v) is 3.46. The second-order valence-corrected chi connectivity index (χ2v) is 8.98. The van der Waals surface area contributed by atoms with Gasteiger partial charge in [0, 0.05) is 22.1 Å². The number of rotatable bonds is 5. The molecule has 2 atom stereocenters. The van der Waals surface area contributed by atoms with Crippen LogP contribution in [0.25, 0.3) is 0 Å². The smallest absolute Gasteiger partial charge is 0.279 e. The van der Waals surface area contributed by atoms with Gasteiger partial charge in [-0.05, 0) is 45.0 Å². The third kappa shape index (κ3) is 7.85. The Labute approximate surface area is 164 Å². The lowest BCUT2D eigenvalue weighted by Gasteiger charge is -2.22. The molecule has 0 aromatic heterocycles. The van der Waals surface area contributed by atoms with E-state index in [0.717, 1.165) is 42.8 Å². The standard InChI is InChI=1S/C19H29BrN4O2/c1-19(2,3)22-18(26)14-24-10-4-9-23(11-12-24)13-17(25)21-16-7-5-15(20)6-8-16/h5-8H,4,9-14H2,1-3H3,(H,21,25)(H,22,26)/p+2. The summed E-state index contributed by atoms with van der Waals surface area (Å²) in [5.41, 5.74) is 0.628. The highest BCUT2D eigenvalue weighted by Gasteiger charge is 2.25. The second kappa shape index (κ2) is 9.48. The number of amides is 2. The molecule has 0 spiro atoms. The number of hydrogen-bond donors (Lipinski definition) is 4. The summed E-state index contributed by atoms with van der Waals surface area (Å²) < 4.78 is 0.993. The van der Waals surface area contributed by atoms with E-state index in [4.69, 9.17) is 0 Å². The minimum atomic E-state index is -0.190. The first-order chi connectivity index (χ1) is 12.2. The lowest BCUT2D eigenvalue weighted by molar-refractivity contribution is -0.930. The molecule has 0 bridgehead atoms. The van der Waals surface area contributed by atoms with Crippen molar-refractivity contribution >= 4 is 33.4 Å². The van der Waals surface area contributed by atoms with Crippen molar-refractivity contribution in [1.29, 1.82) is 0 Å². The first-order valence-electron chi connectivity index (χ1n) is 9.25. The minimum absolute atomic E-state index is 0.0382. The molecular formula is C19H31BrN4O2+2. The fourth-order valence-electron chi connectivity index (χ4n) is 3.20. The summed E-state index contributed by atoms with van der Waals surface area (Å²) in [7, 11) is 0. The van der Waals surface area contributed by atoms with Gasteiger partial charge in [0.15, 0.2) is 13.1 Å². The van der Waals surface area contributed by atoms with Crippen molar-refractivity contribution in [1.82, 2.24) is 5.32 Å². The van der Waals surface area contributed by atoms with Crippen LogP contribution in [0, 0.1) is 0 Å². The number of carbonyl (C=O) groups is 2. The van der Waals surface area contributed by atoms with E-state index in [0.29, 0.717) is 13.1 Å². The molecule has 6 nitrogen and oxygen atoms in total. The number of anilines is 1. The van der Waals surface area contributed by atoms with Crippen molar-refractivity contribution in [3.05, 3.63) is 28.7 Å². The number of benzene rings is 1. The molecule has 7 heteroatoms. The number of hydrogen-bond acceptors (Lipinski definition) is 2. The van der Waals surface area contributed by atoms with Crippen molar-refractivity contribution < 1.29 is 19.4 Å². The van der Waals surface area contributed by atoms with Gasteiger partial charge in [-0.3, -0.25) is 9.59 Å². The van der Waals surface area contributed by atoms with Gasteiger partial charge in [-0.2, -0.15) is 0 Å². The Morgan fingerprint density at radius 1 is 0.962 bits per heavy atom. The SMILES string of the molecule is CC(C)(C)NC(=O)C[NH+]1CCC[NH+](CC(=O)Nc2ccc(Br)cc2)CC1. The average molecular weight is 427 g/mol. The molecule has 2 rings (SSSR count). The van der Waals surface area contributed by atoms with E-state index < -0.39 is 0 Å². The van der Waals surface area contributed by atoms with Crippen LogP contribution >= 0.6 is 15.9 Å². The minimum Gasteiger partial charge on any atom is -0.347 e. The zero-order chi connectivity index (χ0) is 19.2. The van der Waals surface area contributed by atoms with Gasteiger partial charge in [0.25, 0.3) is 11.8 Å². The van der Waals surface area contributed by atoms with E-state index in [1.165, 1.54) is 9.80 Å². The van der Waals surface area contributed by atoms with Crippen LogP contribution in [0.1, 0.15) is 27.2 Å². The first kappa shape index (κ1) is 20.9. The van der Waals surface area contributed by atoms with Crippen LogP contribution in [0.4, 0.5) is 5.69 Å². The summed E-state index contributed by atoms with van der Waals surface area (Å²) >= 11 is 3.39. The molecule has 1 fully saturated rings. The van der Waals surface area contributed by atoms with Gasteiger partial charge in [-0.25, -0.2) is 0 Å². The van der Waals surface area contributed by atoms with Gasteiger partial charge in [0.05, 0.1) is 13.1 Å². The van der Waals surface area contributed by atoms with Crippen molar-refractivity contribution in [2.45, 2.75) is 32.7 Å². The molecule has 1 aliphatic heterocycles. The summed E-state index contributed by atoms with van der Waals surface area (Å²) in [5, 5.41) is 5.98. The Morgan fingerprint density at radius 2 is 1.50 bits per heavy atom. The van der Waals surface area contributed by atoms with Gasteiger partial charge in [-0.15, -0.1) is 0 Å². The van der Waals surface area contributed by atoms with Crippen molar-refractivity contribution in [3.8, 4) is 0 Å². The van der Waals surface area contributed by atoms with E-state index in [-0.39, 0.29) is 17.4 Å². The fraction of sp³-hybridized carbons (Fsp3) is 0.579. The van der Waals surface area contributed by atoms with Crippen molar-refractivity contribution in [2.24, 2.45) is 0 Å². The molecule has 0 aliphatic carbocycles. The highest BCUT2D eigenvalue weighted by atomic mass is 79.9. The molecule has 0 saturated carbocycles. The Morgan fingerprint density at radius 3 is 2.04 bits per heavy atom. The normalized spacial score (nSPS) is 20.9. The topological polar surface area (TPSA) is 67.1 Å². The molecule has 144 valence electrons. The maximum Gasteiger partial charge on any atom is 0.279 e. The number of nitrogens with one attached hydrogen (secondary N) is 4. The molecular weight excluding hydrogens is 396 g/mol. The van der Waals surface area contributed by atoms with Crippen molar-refractivity contribution in [2.75, 3.05) is 44.6 Å². The van der Waals surface area contributed by atoms with E-state index in [1.54, 1.807) is 0 Å². The molecule has 1 aromatic carbocycles. The zero-order valence-electron chi connectivity index (χ0n) is 16.0. The highest BCUT2D eigenvalue weighted by molar-refractivity contribution is 9.10. The third-order valence-electron chi connectivity index (χ3n) is 4.36. The molecule has 2 amide bonds. The predicted molar refractivity (Wildman–Crippen MR) is 106 cm³/mol. The monoisotopic (exact) mass is 426 g/mol. The summed E-state index contributed by atoms with van der Waals surface area (Å²) in [6.07, 6.45) is 1.03. The molecule has 2 unspecified atom stereocenters. The quantitative estimate of drug-likeness (QED) is 0.511. The molecule has 1 aromatic rings. The maximum absolute atomic E-state index is 12.3. The average Bonchev–Trinajstić information content (AvgIpc) is 2.73. The Kier molecular flexibility index (Phi) is 7.61. The van der Waals surface area contributed by atoms with E-state index >= 15 is 0 Å². The molecule has 26 heavy (non-hydrogen) atoms.